The Morgan fingerprint density at radius 1 is 0.939 bits per heavy atom. The number of amides is 1. The van der Waals surface area contributed by atoms with Crippen LogP contribution in [0.3, 0.4) is 0 Å². The molecule has 33 heavy (non-hydrogen) atoms. The maximum absolute atomic E-state index is 13.0. The topological polar surface area (TPSA) is 86.6 Å². The molecule has 0 unspecified atom stereocenters. The molecule has 4 aromatic rings. The molecule has 1 amide bonds. The van der Waals surface area contributed by atoms with E-state index in [4.69, 9.17) is 9.47 Å². The van der Waals surface area contributed by atoms with Crippen LogP contribution in [0.25, 0.3) is 21.5 Å². The highest BCUT2D eigenvalue weighted by Crippen LogP contribution is 2.25. The summed E-state index contributed by atoms with van der Waals surface area (Å²) in [5.41, 5.74) is 0.366. The van der Waals surface area contributed by atoms with Crippen LogP contribution in [0.5, 0.6) is 5.75 Å². The first kappa shape index (κ1) is 22.1. The van der Waals surface area contributed by atoms with Crippen molar-refractivity contribution in [2.75, 3.05) is 11.9 Å². The van der Waals surface area contributed by atoms with Gasteiger partial charge in [0.15, 0.2) is 6.10 Å². The summed E-state index contributed by atoms with van der Waals surface area (Å²) in [4.78, 5) is 37.7. The minimum absolute atomic E-state index is 0.137. The number of ether oxygens (including phenoxy) is 2. The summed E-state index contributed by atoms with van der Waals surface area (Å²) in [7, 11) is 0. The summed E-state index contributed by atoms with van der Waals surface area (Å²) in [6.45, 7) is 3.44. The minimum Gasteiger partial charge on any atom is -0.478 e. The standard InChI is InChI=1S/C26H24N2O5/c1-3-32-26(31)17(2)33-23-13-7-11-21-20(23)14-15-28(25(21)30)16-24(29)27-22-12-6-9-18-8-4-5-10-19(18)22/h4-15,17H,3,16H2,1-2H3,(H,27,29)/t17-/m0/s1. The van der Waals surface area contributed by atoms with Gasteiger partial charge in [-0.25, -0.2) is 4.79 Å². The van der Waals surface area contributed by atoms with E-state index in [2.05, 4.69) is 5.32 Å². The third kappa shape index (κ3) is 4.72. The van der Waals surface area contributed by atoms with Gasteiger partial charge in [-0.15, -0.1) is 0 Å². The zero-order chi connectivity index (χ0) is 23.4. The van der Waals surface area contributed by atoms with Crippen LogP contribution in [0.15, 0.2) is 77.7 Å². The van der Waals surface area contributed by atoms with Gasteiger partial charge in [0, 0.05) is 22.7 Å². The van der Waals surface area contributed by atoms with Gasteiger partial charge in [-0.1, -0.05) is 42.5 Å². The van der Waals surface area contributed by atoms with Gasteiger partial charge in [-0.2, -0.15) is 0 Å². The molecule has 0 fully saturated rings. The van der Waals surface area contributed by atoms with E-state index in [0.29, 0.717) is 22.2 Å². The van der Waals surface area contributed by atoms with E-state index in [0.717, 1.165) is 10.8 Å². The third-order valence-corrected chi connectivity index (χ3v) is 5.28. The van der Waals surface area contributed by atoms with Gasteiger partial charge in [0.1, 0.15) is 12.3 Å². The zero-order valence-electron chi connectivity index (χ0n) is 18.4. The molecule has 1 aromatic heterocycles. The summed E-state index contributed by atoms with van der Waals surface area (Å²) >= 11 is 0. The van der Waals surface area contributed by atoms with Crippen molar-refractivity contribution in [3.05, 3.63) is 83.3 Å². The van der Waals surface area contributed by atoms with E-state index >= 15 is 0 Å². The van der Waals surface area contributed by atoms with Crippen LogP contribution in [0, 0.1) is 0 Å². The smallest absolute Gasteiger partial charge is 0.347 e. The average Bonchev–Trinajstić information content (AvgIpc) is 2.81. The van der Waals surface area contributed by atoms with E-state index in [1.165, 1.54) is 4.57 Å². The molecule has 0 saturated carbocycles. The molecule has 1 atom stereocenters. The Bertz CT molecular complexity index is 1390. The van der Waals surface area contributed by atoms with Crippen molar-refractivity contribution < 1.29 is 19.1 Å². The van der Waals surface area contributed by atoms with E-state index in [1.54, 1.807) is 44.3 Å². The van der Waals surface area contributed by atoms with Gasteiger partial charge in [-0.3, -0.25) is 9.59 Å². The van der Waals surface area contributed by atoms with Crippen LogP contribution in [-0.4, -0.2) is 29.2 Å². The summed E-state index contributed by atoms with van der Waals surface area (Å²) in [6, 6.07) is 20.2. The number of carbonyl (C=O) groups is 2. The number of pyridine rings is 1. The number of hydrogen-bond acceptors (Lipinski definition) is 5. The average molecular weight is 444 g/mol. The van der Waals surface area contributed by atoms with Gasteiger partial charge in [0.2, 0.25) is 5.91 Å². The van der Waals surface area contributed by atoms with Crippen molar-refractivity contribution in [1.82, 2.24) is 4.57 Å². The molecule has 168 valence electrons. The number of nitrogens with one attached hydrogen (secondary N) is 1. The Kier molecular flexibility index (Phi) is 6.40. The molecular formula is C26H24N2O5. The largest absolute Gasteiger partial charge is 0.478 e. The molecule has 1 N–H and O–H groups in total. The summed E-state index contributed by atoms with van der Waals surface area (Å²) in [5, 5.41) is 5.79. The molecule has 0 aliphatic carbocycles. The lowest BCUT2D eigenvalue weighted by Gasteiger charge is -2.15. The number of hydrogen-bond donors (Lipinski definition) is 1. The van der Waals surface area contributed by atoms with E-state index in [1.807, 2.05) is 42.5 Å². The van der Waals surface area contributed by atoms with Crippen LogP contribution in [0.4, 0.5) is 5.69 Å². The first-order valence-electron chi connectivity index (χ1n) is 10.7. The lowest BCUT2D eigenvalue weighted by molar-refractivity contribution is -0.150. The molecule has 3 aromatic carbocycles. The first-order chi connectivity index (χ1) is 16.0. The Morgan fingerprint density at radius 2 is 1.67 bits per heavy atom. The van der Waals surface area contributed by atoms with Crippen LogP contribution < -0.4 is 15.6 Å². The monoisotopic (exact) mass is 444 g/mol. The van der Waals surface area contributed by atoms with E-state index < -0.39 is 12.1 Å². The second-order valence-corrected chi connectivity index (χ2v) is 7.55. The number of carbonyl (C=O) groups excluding carboxylic acids is 2. The van der Waals surface area contributed by atoms with E-state index in [-0.39, 0.29) is 24.6 Å². The SMILES string of the molecule is CCOC(=O)[C@H](C)Oc1cccc2c(=O)n(CC(=O)Nc3cccc4ccccc34)ccc12. The Balaban J connectivity index is 1.56. The fraction of sp³-hybridized carbons (Fsp3) is 0.192. The van der Waals surface area contributed by atoms with Crippen molar-refractivity contribution >= 4 is 39.1 Å². The predicted octanol–water partition coefficient (Wildman–Crippen LogP) is 4.12. The van der Waals surface area contributed by atoms with Gasteiger partial charge in [0.25, 0.3) is 5.56 Å². The Morgan fingerprint density at radius 3 is 2.48 bits per heavy atom. The minimum atomic E-state index is -0.815. The number of nitrogens with zero attached hydrogens (tertiary/aromatic N) is 1. The number of esters is 1. The molecule has 0 aliphatic rings. The first-order valence-corrected chi connectivity index (χ1v) is 10.7. The molecular weight excluding hydrogens is 420 g/mol. The molecule has 7 nitrogen and oxygen atoms in total. The second kappa shape index (κ2) is 9.56. The summed E-state index contributed by atoms with van der Waals surface area (Å²) in [6.07, 6.45) is 0.736. The molecule has 1 heterocycles. The predicted molar refractivity (Wildman–Crippen MR) is 128 cm³/mol. The lowest BCUT2D eigenvalue weighted by atomic mass is 10.1. The molecule has 0 aliphatic heterocycles. The highest BCUT2D eigenvalue weighted by atomic mass is 16.6. The summed E-state index contributed by atoms with van der Waals surface area (Å²) in [5.74, 6) is -0.387. The fourth-order valence-electron chi connectivity index (χ4n) is 3.69. The van der Waals surface area contributed by atoms with Crippen molar-refractivity contribution in [2.45, 2.75) is 26.5 Å². The third-order valence-electron chi connectivity index (χ3n) is 5.28. The number of aromatic nitrogens is 1. The van der Waals surface area contributed by atoms with Crippen LogP contribution in [-0.2, 0) is 20.9 Å². The number of fused-ring (bicyclic) bond motifs is 2. The maximum Gasteiger partial charge on any atom is 0.347 e. The normalized spacial score (nSPS) is 11.8. The molecule has 4 rings (SSSR count). The Labute approximate surface area is 190 Å². The molecule has 7 heteroatoms. The van der Waals surface area contributed by atoms with Crippen molar-refractivity contribution in [2.24, 2.45) is 0 Å². The summed E-state index contributed by atoms with van der Waals surface area (Å²) < 4.78 is 12.1. The second-order valence-electron chi connectivity index (χ2n) is 7.55. The zero-order valence-corrected chi connectivity index (χ0v) is 18.4. The van der Waals surface area contributed by atoms with Crippen LogP contribution in [0.1, 0.15) is 13.8 Å². The van der Waals surface area contributed by atoms with Crippen LogP contribution >= 0.6 is 0 Å². The Hall–Kier alpha value is -4.13. The maximum atomic E-state index is 13.0. The number of benzene rings is 3. The van der Waals surface area contributed by atoms with E-state index in [9.17, 15) is 14.4 Å². The van der Waals surface area contributed by atoms with Crippen LogP contribution in [0.2, 0.25) is 0 Å². The number of rotatable bonds is 7. The highest BCUT2D eigenvalue weighted by Gasteiger charge is 2.18. The van der Waals surface area contributed by atoms with Crippen molar-refractivity contribution in [1.29, 1.82) is 0 Å². The fourth-order valence-corrected chi connectivity index (χ4v) is 3.69. The lowest BCUT2D eigenvalue weighted by Crippen LogP contribution is -2.28. The van der Waals surface area contributed by atoms with Gasteiger partial charge in [0.05, 0.1) is 12.0 Å². The number of anilines is 1. The van der Waals surface area contributed by atoms with Gasteiger partial charge in [-0.05, 0) is 43.5 Å². The molecule has 0 radical (unpaired) electrons. The highest BCUT2D eigenvalue weighted by molar-refractivity contribution is 6.02. The van der Waals surface area contributed by atoms with Crippen molar-refractivity contribution in [3.8, 4) is 5.75 Å². The van der Waals surface area contributed by atoms with Crippen molar-refractivity contribution in [3.63, 3.8) is 0 Å². The quantitative estimate of drug-likeness (QED) is 0.433. The van der Waals surface area contributed by atoms with Gasteiger partial charge >= 0.3 is 5.97 Å². The molecule has 0 spiro atoms. The molecule has 0 saturated heterocycles. The van der Waals surface area contributed by atoms with Gasteiger partial charge < -0.3 is 19.4 Å². The molecule has 0 bridgehead atoms.